The number of hydrogen-bond acceptors (Lipinski definition) is 4. The van der Waals surface area contributed by atoms with Gasteiger partial charge in [-0.1, -0.05) is 17.7 Å². The summed E-state index contributed by atoms with van der Waals surface area (Å²) in [6.45, 7) is 0. The number of ether oxygens (including phenoxy) is 2. The van der Waals surface area contributed by atoms with Gasteiger partial charge in [-0.15, -0.1) is 13.2 Å². The molecule has 0 radical (unpaired) electrons. The van der Waals surface area contributed by atoms with Crippen molar-refractivity contribution >= 4 is 29.1 Å². The minimum absolute atomic E-state index is 0.0539. The molecule has 0 saturated heterocycles. The number of benzene rings is 3. The summed E-state index contributed by atoms with van der Waals surface area (Å²) in [6, 6.07) is 8.25. The van der Waals surface area contributed by atoms with Gasteiger partial charge in [-0.25, -0.2) is 4.39 Å². The lowest BCUT2D eigenvalue weighted by Gasteiger charge is -2.17. The number of carbonyl (C=O) groups excluding carboxylic acids is 2. The molecular formula is C22H12ClF7N2O4. The standard InChI is InChI=1S/C22H12ClF7N2O4/c23-14-9-12(36-22(28,29)30)4-6-15(14)35-16-7-5-13(21(25,26)27)18(24)17(16)20(34)32-11-3-1-2-10(8-11)19(31)33/h1-9H,(H2,31,33)(H,32,34). The average Bonchev–Trinajstić information content (AvgIpc) is 2.73. The van der Waals surface area contributed by atoms with Gasteiger partial charge in [0, 0.05) is 17.3 Å². The van der Waals surface area contributed by atoms with Gasteiger partial charge in [-0.05, 0) is 42.5 Å². The maximum absolute atomic E-state index is 14.9. The third-order valence-corrected chi connectivity index (χ3v) is 4.69. The Hall–Kier alpha value is -4.00. The van der Waals surface area contributed by atoms with E-state index in [0.717, 1.165) is 18.2 Å². The van der Waals surface area contributed by atoms with Crippen LogP contribution in [0.5, 0.6) is 17.2 Å². The molecule has 0 aliphatic heterocycles. The topological polar surface area (TPSA) is 90.7 Å². The Kier molecular flexibility index (Phi) is 7.34. The normalized spacial score (nSPS) is 11.7. The molecule has 0 fully saturated rings. The number of halogens is 8. The van der Waals surface area contributed by atoms with Crippen LogP contribution in [0, 0.1) is 5.82 Å². The Labute approximate surface area is 202 Å². The molecule has 0 atom stereocenters. The van der Waals surface area contributed by atoms with Gasteiger partial charge in [0.2, 0.25) is 5.91 Å². The van der Waals surface area contributed by atoms with E-state index in [1.165, 1.54) is 18.2 Å². The molecule has 6 nitrogen and oxygen atoms in total. The number of primary amides is 1. The summed E-state index contributed by atoms with van der Waals surface area (Å²) in [5.41, 5.74) is 2.01. The summed E-state index contributed by atoms with van der Waals surface area (Å²) < 4.78 is 101. The van der Waals surface area contributed by atoms with Crippen LogP contribution in [-0.2, 0) is 6.18 Å². The molecule has 3 rings (SSSR count). The molecule has 190 valence electrons. The molecule has 0 heterocycles. The van der Waals surface area contributed by atoms with Crippen molar-refractivity contribution in [2.45, 2.75) is 12.5 Å². The van der Waals surface area contributed by atoms with Crippen molar-refractivity contribution in [3.8, 4) is 17.2 Å². The lowest BCUT2D eigenvalue weighted by molar-refractivity contribution is -0.274. The first kappa shape index (κ1) is 26.6. The van der Waals surface area contributed by atoms with Gasteiger partial charge in [-0.2, -0.15) is 13.2 Å². The van der Waals surface area contributed by atoms with Crippen molar-refractivity contribution in [2.75, 3.05) is 5.32 Å². The molecule has 3 N–H and O–H groups in total. The second-order valence-corrected chi connectivity index (χ2v) is 7.35. The van der Waals surface area contributed by atoms with Gasteiger partial charge < -0.3 is 20.5 Å². The van der Waals surface area contributed by atoms with Gasteiger partial charge in [0.05, 0.1) is 10.6 Å². The van der Waals surface area contributed by atoms with Crippen molar-refractivity contribution in [1.29, 1.82) is 0 Å². The van der Waals surface area contributed by atoms with E-state index in [1.807, 2.05) is 0 Å². The number of alkyl halides is 6. The molecule has 2 amide bonds. The first-order valence-electron chi connectivity index (χ1n) is 9.50. The predicted octanol–water partition coefficient (Wildman–Crippen LogP) is 6.54. The SMILES string of the molecule is NC(=O)c1cccc(NC(=O)c2c(Oc3ccc(OC(F)(F)F)cc3Cl)ccc(C(F)(F)F)c2F)c1. The highest BCUT2D eigenvalue weighted by Crippen LogP contribution is 2.40. The van der Waals surface area contributed by atoms with Crippen molar-refractivity contribution in [3.05, 3.63) is 82.1 Å². The molecule has 0 spiro atoms. The zero-order chi connectivity index (χ0) is 26.8. The molecule has 0 aromatic heterocycles. The fourth-order valence-corrected chi connectivity index (χ4v) is 3.11. The quantitative estimate of drug-likeness (QED) is 0.350. The Bertz CT molecular complexity index is 1330. The van der Waals surface area contributed by atoms with Crippen LogP contribution in [0.4, 0.5) is 36.4 Å². The third kappa shape index (κ3) is 6.36. The van der Waals surface area contributed by atoms with Crippen LogP contribution in [-0.4, -0.2) is 18.2 Å². The minimum atomic E-state index is -5.18. The van der Waals surface area contributed by atoms with Crippen LogP contribution < -0.4 is 20.5 Å². The van der Waals surface area contributed by atoms with Gasteiger partial charge >= 0.3 is 12.5 Å². The second-order valence-electron chi connectivity index (χ2n) is 6.94. The molecule has 14 heteroatoms. The first-order valence-corrected chi connectivity index (χ1v) is 9.87. The lowest BCUT2D eigenvalue weighted by Crippen LogP contribution is -2.19. The summed E-state index contributed by atoms with van der Waals surface area (Å²) in [4.78, 5) is 24.1. The highest BCUT2D eigenvalue weighted by Gasteiger charge is 2.37. The maximum atomic E-state index is 14.9. The predicted molar refractivity (Wildman–Crippen MR) is 113 cm³/mol. The van der Waals surface area contributed by atoms with Gasteiger partial charge in [0.25, 0.3) is 5.91 Å². The molecule has 0 aliphatic carbocycles. The average molecular weight is 537 g/mol. The summed E-state index contributed by atoms with van der Waals surface area (Å²) in [7, 11) is 0. The van der Waals surface area contributed by atoms with Crippen LogP contribution in [0.25, 0.3) is 0 Å². The van der Waals surface area contributed by atoms with Crippen LogP contribution in [0.3, 0.4) is 0 Å². The lowest BCUT2D eigenvalue weighted by atomic mass is 10.1. The van der Waals surface area contributed by atoms with E-state index in [-0.39, 0.29) is 11.3 Å². The van der Waals surface area contributed by atoms with E-state index in [9.17, 15) is 40.3 Å². The molecule has 0 saturated carbocycles. The largest absolute Gasteiger partial charge is 0.573 e. The summed E-state index contributed by atoms with van der Waals surface area (Å²) in [5.74, 6) is -6.15. The van der Waals surface area contributed by atoms with Crippen LogP contribution in [0.2, 0.25) is 5.02 Å². The van der Waals surface area contributed by atoms with Crippen molar-refractivity contribution < 1.29 is 49.8 Å². The molecule has 0 unspecified atom stereocenters. The zero-order valence-electron chi connectivity index (χ0n) is 17.4. The highest BCUT2D eigenvalue weighted by atomic mass is 35.5. The van der Waals surface area contributed by atoms with Crippen LogP contribution >= 0.6 is 11.6 Å². The second kappa shape index (κ2) is 9.93. The molecular weight excluding hydrogens is 525 g/mol. The van der Waals surface area contributed by atoms with E-state index >= 15 is 0 Å². The van der Waals surface area contributed by atoms with E-state index in [0.29, 0.717) is 18.2 Å². The zero-order valence-corrected chi connectivity index (χ0v) is 18.2. The first-order chi connectivity index (χ1) is 16.7. The number of nitrogens with two attached hydrogens (primary N) is 1. The van der Waals surface area contributed by atoms with E-state index in [4.69, 9.17) is 22.1 Å². The fraction of sp³-hybridized carbons (Fsp3) is 0.0909. The van der Waals surface area contributed by atoms with E-state index in [1.54, 1.807) is 0 Å². The summed E-state index contributed by atoms with van der Waals surface area (Å²) in [5, 5.41) is 1.65. The van der Waals surface area contributed by atoms with E-state index < -0.39 is 63.6 Å². The molecule has 3 aromatic rings. The smallest absolute Gasteiger partial charge is 0.455 e. The van der Waals surface area contributed by atoms with Crippen LogP contribution in [0.15, 0.2) is 54.6 Å². The number of rotatable bonds is 6. The number of nitrogens with one attached hydrogen (secondary N) is 1. The Morgan fingerprint density at radius 1 is 0.917 bits per heavy atom. The van der Waals surface area contributed by atoms with Crippen molar-refractivity contribution in [2.24, 2.45) is 5.73 Å². The highest BCUT2D eigenvalue weighted by molar-refractivity contribution is 6.32. The number of anilines is 1. The third-order valence-electron chi connectivity index (χ3n) is 4.40. The minimum Gasteiger partial charge on any atom is -0.455 e. The monoisotopic (exact) mass is 536 g/mol. The number of carbonyl (C=O) groups is 2. The van der Waals surface area contributed by atoms with Crippen molar-refractivity contribution in [3.63, 3.8) is 0 Å². The van der Waals surface area contributed by atoms with Gasteiger partial charge in [0.15, 0.2) is 5.82 Å². The van der Waals surface area contributed by atoms with Crippen molar-refractivity contribution in [1.82, 2.24) is 0 Å². The molecule has 0 aliphatic rings. The molecule has 36 heavy (non-hydrogen) atoms. The summed E-state index contributed by atoms with van der Waals surface area (Å²) >= 11 is 5.87. The molecule has 0 bridgehead atoms. The Morgan fingerprint density at radius 2 is 1.58 bits per heavy atom. The van der Waals surface area contributed by atoms with E-state index in [2.05, 4.69) is 10.1 Å². The summed E-state index contributed by atoms with van der Waals surface area (Å²) in [6.07, 6.45) is -10.2. The number of hydrogen-bond donors (Lipinski definition) is 2. The number of amides is 2. The molecule has 3 aromatic carbocycles. The maximum Gasteiger partial charge on any atom is 0.573 e. The fourth-order valence-electron chi connectivity index (χ4n) is 2.90. The Morgan fingerprint density at radius 3 is 2.17 bits per heavy atom. The Balaban J connectivity index is 2.02. The van der Waals surface area contributed by atoms with Crippen LogP contribution in [0.1, 0.15) is 26.3 Å². The van der Waals surface area contributed by atoms with Gasteiger partial charge in [0.1, 0.15) is 22.8 Å². The van der Waals surface area contributed by atoms with Gasteiger partial charge in [-0.3, -0.25) is 9.59 Å².